The normalized spacial score (nSPS) is 21.4. The predicted octanol–water partition coefficient (Wildman–Crippen LogP) is 2.16. The third kappa shape index (κ3) is 1.55. The van der Waals surface area contributed by atoms with Crippen LogP contribution in [0.1, 0.15) is 31.1 Å². The van der Waals surface area contributed by atoms with Crippen LogP contribution in [-0.2, 0) is 4.74 Å². The lowest BCUT2D eigenvalue weighted by Crippen LogP contribution is -2.11. The molecular weight excluding hydrogens is 202 g/mol. The minimum atomic E-state index is 0.146. The number of rotatable bonds is 1. The fourth-order valence-electron chi connectivity index (χ4n) is 2.18. The van der Waals surface area contributed by atoms with Crippen LogP contribution in [-0.4, -0.2) is 16.0 Å². The van der Waals surface area contributed by atoms with Crippen molar-refractivity contribution >= 4 is 11.5 Å². The average Bonchev–Trinajstić information content (AvgIpc) is 2.76. The Labute approximate surface area is 94.0 Å². The maximum Gasteiger partial charge on any atom is 0.138 e. The van der Waals surface area contributed by atoms with Gasteiger partial charge in [-0.2, -0.15) is 0 Å². The summed E-state index contributed by atoms with van der Waals surface area (Å²) in [5.74, 6) is 0.715. The van der Waals surface area contributed by atoms with Gasteiger partial charge in [-0.3, -0.25) is 4.40 Å². The second kappa shape index (κ2) is 3.79. The van der Waals surface area contributed by atoms with Gasteiger partial charge in [0.05, 0.1) is 5.69 Å². The molecule has 3 rings (SSSR count). The maximum absolute atomic E-state index is 5.88. The van der Waals surface area contributed by atoms with Crippen molar-refractivity contribution in [1.29, 1.82) is 0 Å². The van der Waals surface area contributed by atoms with Crippen molar-refractivity contribution in [2.75, 3.05) is 12.3 Å². The highest BCUT2D eigenvalue weighted by Gasteiger charge is 2.19. The number of nitrogen functional groups attached to an aromatic ring is 1. The molecular formula is C12H15N3O. The van der Waals surface area contributed by atoms with E-state index in [1.54, 1.807) is 0 Å². The zero-order chi connectivity index (χ0) is 11.0. The smallest absolute Gasteiger partial charge is 0.138 e. The number of fused-ring (bicyclic) bond motifs is 1. The Bertz CT molecular complexity index is 500. The Kier molecular flexibility index (Phi) is 2.29. The molecule has 16 heavy (non-hydrogen) atoms. The van der Waals surface area contributed by atoms with Crippen molar-refractivity contribution in [2.45, 2.75) is 25.4 Å². The highest BCUT2D eigenvalue weighted by Crippen LogP contribution is 2.27. The van der Waals surface area contributed by atoms with E-state index < -0.39 is 0 Å². The van der Waals surface area contributed by atoms with Crippen molar-refractivity contribution in [1.82, 2.24) is 9.38 Å². The first-order valence-electron chi connectivity index (χ1n) is 5.70. The fraction of sp³-hybridized carbons (Fsp3) is 0.417. The number of ether oxygens (including phenoxy) is 1. The molecule has 1 aliphatic heterocycles. The van der Waals surface area contributed by atoms with E-state index in [9.17, 15) is 0 Å². The van der Waals surface area contributed by atoms with Gasteiger partial charge < -0.3 is 10.5 Å². The van der Waals surface area contributed by atoms with Crippen LogP contribution in [0.15, 0.2) is 24.4 Å². The quantitative estimate of drug-likeness (QED) is 0.796. The van der Waals surface area contributed by atoms with E-state index in [1.165, 1.54) is 6.42 Å². The van der Waals surface area contributed by atoms with Crippen molar-refractivity contribution in [3.05, 3.63) is 30.1 Å². The standard InChI is InChI=1S/C12H15N3O/c13-11-5-3-6-12-14-9(8-15(11)12)10-4-1-2-7-16-10/h3,5-6,8,10H,1-2,4,7,13H2. The van der Waals surface area contributed by atoms with E-state index in [4.69, 9.17) is 10.5 Å². The van der Waals surface area contributed by atoms with Gasteiger partial charge in [0, 0.05) is 12.8 Å². The van der Waals surface area contributed by atoms with Crippen LogP contribution in [0.5, 0.6) is 0 Å². The Hall–Kier alpha value is -1.55. The molecule has 1 fully saturated rings. The lowest BCUT2D eigenvalue weighted by atomic mass is 10.1. The van der Waals surface area contributed by atoms with Gasteiger partial charge in [0.25, 0.3) is 0 Å². The second-order valence-electron chi connectivity index (χ2n) is 4.20. The van der Waals surface area contributed by atoms with Gasteiger partial charge in [-0.1, -0.05) is 6.07 Å². The number of nitrogens with two attached hydrogens (primary N) is 1. The molecule has 4 nitrogen and oxygen atoms in total. The molecule has 0 saturated carbocycles. The zero-order valence-electron chi connectivity index (χ0n) is 9.10. The monoisotopic (exact) mass is 217 g/mol. The summed E-state index contributed by atoms with van der Waals surface area (Å²) in [4.78, 5) is 4.56. The summed E-state index contributed by atoms with van der Waals surface area (Å²) in [6.07, 6.45) is 5.57. The average molecular weight is 217 g/mol. The predicted molar refractivity (Wildman–Crippen MR) is 62.1 cm³/mol. The Morgan fingerprint density at radius 1 is 1.38 bits per heavy atom. The van der Waals surface area contributed by atoms with Gasteiger partial charge in [0.2, 0.25) is 0 Å². The fourth-order valence-corrected chi connectivity index (χ4v) is 2.18. The van der Waals surface area contributed by atoms with E-state index >= 15 is 0 Å². The molecule has 2 aromatic heterocycles. The molecule has 0 spiro atoms. The number of imidazole rings is 1. The molecule has 1 unspecified atom stereocenters. The van der Waals surface area contributed by atoms with Crippen LogP contribution >= 0.6 is 0 Å². The van der Waals surface area contributed by atoms with Gasteiger partial charge in [-0.25, -0.2) is 4.98 Å². The summed E-state index contributed by atoms with van der Waals surface area (Å²) >= 11 is 0. The first-order valence-corrected chi connectivity index (χ1v) is 5.70. The van der Waals surface area contributed by atoms with Crippen molar-refractivity contribution in [3.63, 3.8) is 0 Å². The molecule has 4 heteroatoms. The minimum Gasteiger partial charge on any atom is -0.385 e. The van der Waals surface area contributed by atoms with Gasteiger partial charge >= 0.3 is 0 Å². The van der Waals surface area contributed by atoms with Crippen LogP contribution in [0.4, 0.5) is 5.82 Å². The van der Waals surface area contributed by atoms with Crippen molar-refractivity contribution in [2.24, 2.45) is 0 Å². The van der Waals surface area contributed by atoms with E-state index in [-0.39, 0.29) is 6.10 Å². The second-order valence-corrected chi connectivity index (χ2v) is 4.20. The molecule has 2 aromatic rings. The van der Waals surface area contributed by atoms with E-state index in [0.29, 0.717) is 5.82 Å². The number of hydrogen-bond donors (Lipinski definition) is 1. The first-order chi connectivity index (χ1) is 7.84. The summed E-state index contributed by atoms with van der Waals surface area (Å²) in [5, 5.41) is 0. The van der Waals surface area contributed by atoms with Crippen LogP contribution in [0.3, 0.4) is 0 Å². The number of aromatic nitrogens is 2. The minimum absolute atomic E-state index is 0.146. The van der Waals surface area contributed by atoms with Crippen LogP contribution in [0.25, 0.3) is 5.65 Å². The van der Waals surface area contributed by atoms with Crippen molar-refractivity contribution < 1.29 is 4.74 Å². The number of anilines is 1. The molecule has 0 bridgehead atoms. The molecule has 0 radical (unpaired) electrons. The number of hydrogen-bond acceptors (Lipinski definition) is 3. The SMILES string of the molecule is Nc1cccc2nc(C3CCCCO3)cn12. The van der Waals surface area contributed by atoms with E-state index in [0.717, 1.165) is 30.8 Å². The highest BCUT2D eigenvalue weighted by atomic mass is 16.5. The highest BCUT2D eigenvalue weighted by molar-refractivity contribution is 5.48. The summed E-state index contributed by atoms with van der Waals surface area (Å²) in [7, 11) is 0. The molecule has 0 amide bonds. The Morgan fingerprint density at radius 3 is 3.06 bits per heavy atom. The molecule has 84 valence electrons. The topological polar surface area (TPSA) is 52.5 Å². The van der Waals surface area contributed by atoms with Gasteiger partial charge in [-0.15, -0.1) is 0 Å². The van der Waals surface area contributed by atoms with Gasteiger partial charge in [0.1, 0.15) is 17.6 Å². The molecule has 3 heterocycles. The first kappa shape index (κ1) is 9.66. The van der Waals surface area contributed by atoms with Crippen molar-refractivity contribution in [3.8, 4) is 0 Å². The molecule has 2 N–H and O–H groups in total. The summed E-state index contributed by atoms with van der Waals surface area (Å²) in [5.41, 5.74) is 7.77. The Balaban J connectivity index is 2.01. The maximum atomic E-state index is 5.88. The number of nitrogens with zero attached hydrogens (tertiary/aromatic N) is 2. The van der Waals surface area contributed by atoms with Crippen LogP contribution < -0.4 is 5.73 Å². The largest absolute Gasteiger partial charge is 0.385 e. The Morgan fingerprint density at radius 2 is 2.31 bits per heavy atom. The molecule has 1 atom stereocenters. The van der Waals surface area contributed by atoms with Gasteiger partial charge in [-0.05, 0) is 31.4 Å². The number of pyridine rings is 1. The molecule has 0 aromatic carbocycles. The van der Waals surface area contributed by atoms with Crippen LogP contribution in [0, 0.1) is 0 Å². The summed E-state index contributed by atoms with van der Waals surface area (Å²) < 4.78 is 7.63. The third-order valence-electron chi connectivity index (χ3n) is 3.05. The molecule has 1 aliphatic rings. The molecule has 0 aliphatic carbocycles. The lowest BCUT2D eigenvalue weighted by molar-refractivity contribution is 0.0126. The van der Waals surface area contributed by atoms with E-state index in [2.05, 4.69) is 4.98 Å². The third-order valence-corrected chi connectivity index (χ3v) is 3.05. The summed E-state index contributed by atoms with van der Waals surface area (Å²) in [6.45, 7) is 0.841. The van der Waals surface area contributed by atoms with E-state index in [1.807, 2.05) is 28.8 Å². The molecule has 1 saturated heterocycles. The lowest BCUT2D eigenvalue weighted by Gasteiger charge is -2.20. The summed E-state index contributed by atoms with van der Waals surface area (Å²) in [6, 6.07) is 5.76. The van der Waals surface area contributed by atoms with Crippen LogP contribution in [0.2, 0.25) is 0 Å². The van der Waals surface area contributed by atoms with Gasteiger partial charge in [0.15, 0.2) is 0 Å². The zero-order valence-corrected chi connectivity index (χ0v) is 9.10.